The first-order valence-electron chi connectivity index (χ1n) is 7.69. The summed E-state index contributed by atoms with van der Waals surface area (Å²) in [5.74, 6) is 0.917. The molecule has 1 amide bonds. The number of carbonyl (C=O) groups excluding carboxylic acids is 1. The predicted octanol–water partition coefficient (Wildman–Crippen LogP) is 4.83. The van der Waals surface area contributed by atoms with Crippen molar-refractivity contribution in [2.24, 2.45) is 5.92 Å². The molecule has 3 rings (SSSR count). The fourth-order valence-corrected chi connectivity index (χ4v) is 3.63. The lowest BCUT2D eigenvalue weighted by Crippen LogP contribution is -2.39. The number of halogens is 2. The zero-order valence-electron chi connectivity index (χ0n) is 13.1. The van der Waals surface area contributed by atoms with E-state index in [-0.39, 0.29) is 5.91 Å². The van der Waals surface area contributed by atoms with E-state index in [1.165, 1.54) is 0 Å². The Morgan fingerprint density at radius 2 is 2.04 bits per heavy atom. The summed E-state index contributed by atoms with van der Waals surface area (Å²) in [6, 6.07) is 5.21. The number of hydrogen-bond acceptors (Lipinski definition) is 3. The van der Waals surface area contributed by atoms with Crippen molar-refractivity contribution in [1.29, 1.82) is 0 Å². The van der Waals surface area contributed by atoms with Crippen molar-refractivity contribution in [1.82, 2.24) is 10.1 Å². The third kappa shape index (κ3) is 3.10. The van der Waals surface area contributed by atoms with E-state index < -0.39 is 0 Å². The Hall–Kier alpha value is -1.52. The Labute approximate surface area is 145 Å². The van der Waals surface area contributed by atoms with E-state index in [1.807, 2.05) is 4.90 Å². The molecule has 0 radical (unpaired) electrons. The quantitative estimate of drug-likeness (QED) is 0.777. The lowest BCUT2D eigenvalue weighted by atomic mass is 9.98. The molecule has 1 unspecified atom stereocenters. The Bertz CT molecular complexity index is 722. The molecule has 4 nitrogen and oxygen atoms in total. The zero-order valence-corrected chi connectivity index (χ0v) is 14.6. The highest BCUT2D eigenvalue weighted by Gasteiger charge is 2.30. The van der Waals surface area contributed by atoms with Crippen LogP contribution in [-0.4, -0.2) is 29.1 Å². The summed E-state index contributed by atoms with van der Waals surface area (Å²) in [7, 11) is 0. The topological polar surface area (TPSA) is 46.3 Å². The highest BCUT2D eigenvalue weighted by molar-refractivity contribution is 6.39. The van der Waals surface area contributed by atoms with Crippen molar-refractivity contribution in [2.45, 2.75) is 26.7 Å². The van der Waals surface area contributed by atoms with Gasteiger partial charge in [-0.2, -0.15) is 0 Å². The van der Waals surface area contributed by atoms with Crippen molar-refractivity contribution in [3.8, 4) is 11.3 Å². The molecule has 0 N–H and O–H groups in total. The van der Waals surface area contributed by atoms with Crippen LogP contribution in [0.3, 0.4) is 0 Å². The second kappa shape index (κ2) is 6.54. The van der Waals surface area contributed by atoms with Crippen LogP contribution in [0.15, 0.2) is 22.7 Å². The monoisotopic (exact) mass is 352 g/mol. The molecular formula is C17H18Cl2N2O2. The SMILES string of the molecule is Cc1onc(-c2c(Cl)cccc2Cl)c1C(=O)N1CCCC(C)C1. The molecule has 122 valence electrons. The van der Waals surface area contributed by atoms with Gasteiger partial charge in [-0.25, -0.2) is 0 Å². The lowest BCUT2D eigenvalue weighted by Gasteiger charge is -2.31. The van der Waals surface area contributed by atoms with Crippen molar-refractivity contribution >= 4 is 29.1 Å². The Kier molecular flexibility index (Phi) is 4.64. The Morgan fingerprint density at radius 3 is 2.70 bits per heavy atom. The molecule has 23 heavy (non-hydrogen) atoms. The van der Waals surface area contributed by atoms with E-state index in [2.05, 4.69) is 12.1 Å². The van der Waals surface area contributed by atoms with E-state index in [9.17, 15) is 4.79 Å². The number of aromatic nitrogens is 1. The summed E-state index contributed by atoms with van der Waals surface area (Å²) < 4.78 is 5.28. The number of rotatable bonds is 2. The van der Waals surface area contributed by atoms with Gasteiger partial charge < -0.3 is 9.42 Å². The predicted molar refractivity (Wildman–Crippen MR) is 91.0 cm³/mol. The molecular weight excluding hydrogens is 335 g/mol. The minimum atomic E-state index is -0.0683. The number of benzene rings is 1. The van der Waals surface area contributed by atoms with Gasteiger partial charge in [0.1, 0.15) is 17.0 Å². The molecule has 0 spiro atoms. The van der Waals surface area contributed by atoms with Crippen LogP contribution in [0.5, 0.6) is 0 Å². The molecule has 1 aromatic heterocycles. The number of carbonyl (C=O) groups is 1. The molecule has 2 heterocycles. The fourth-order valence-electron chi connectivity index (χ4n) is 3.05. The molecule has 0 saturated carbocycles. The maximum atomic E-state index is 13.0. The van der Waals surface area contributed by atoms with Crippen LogP contribution < -0.4 is 0 Å². The van der Waals surface area contributed by atoms with E-state index in [1.54, 1.807) is 25.1 Å². The van der Waals surface area contributed by atoms with Crippen LogP contribution in [0.2, 0.25) is 10.0 Å². The molecule has 0 bridgehead atoms. The number of nitrogens with zero attached hydrogens (tertiary/aromatic N) is 2. The maximum absolute atomic E-state index is 13.0. The number of aryl methyl sites for hydroxylation is 1. The van der Waals surface area contributed by atoms with E-state index in [0.717, 1.165) is 25.9 Å². The van der Waals surface area contributed by atoms with Gasteiger partial charge in [-0.3, -0.25) is 4.79 Å². The summed E-state index contributed by atoms with van der Waals surface area (Å²) in [4.78, 5) is 14.8. The van der Waals surface area contributed by atoms with Gasteiger partial charge in [0.15, 0.2) is 0 Å². The third-order valence-electron chi connectivity index (χ3n) is 4.22. The first-order chi connectivity index (χ1) is 11.0. The van der Waals surface area contributed by atoms with Crippen molar-refractivity contribution in [2.75, 3.05) is 13.1 Å². The second-order valence-electron chi connectivity index (χ2n) is 6.06. The van der Waals surface area contributed by atoms with Gasteiger partial charge >= 0.3 is 0 Å². The molecule has 0 aliphatic carbocycles. The summed E-state index contributed by atoms with van der Waals surface area (Å²) in [6.45, 7) is 5.40. The second-order valence-corrected chi connectivity index (χ2v) is 6.87. The van der Waals surface area contributed by atoms with Crippen LogP contribution in [0.4, 0.5) is 0 Å². The minimum Gasteiger partial charge on any atom is -0.360 e. The van der Waals surface area contributed by atoms with Gasteiger partial charge in [-0.05, 0) is 37.8 Å². The smallest absolute Gasteiger partial charge is 0.259 e. The molecule has 1 fully saturated rings. The molecule has 1 saturated heterocycles. The van der Waals surface area contributed by atoms with Gasteiger partial charge in [0, 0.05) is 18.7 Å². The standard InChI is InChI=1S/C17H18Cl2N2O2/c1-10-5-4-8-21(9-10)17(22)14-11(2)23-20-16(14)15-12(18)6-3-7-13(15)19/h3,6-7,10H,4-5,8-9H2,1-2H3. The first-order valence-corrected chi connectivity index (χ1v) is 8.44. The van der Waals surface area contributed by atoms with Crippen molar-refractivity contribution < 1.29 is 9.32 Å². The van der Waals surface area contributed by atoms with Gasteiger partial charge in [-0.15, -0.1) is 0 Å². The van der Waals surface area contributed by atoms with Gasteiger partial charge in [0.2, 0.25) is 0 Å². The summed E-state index contributed by atoms with van der Waals surface area (Å²) >= 11 is 12.5. The average Bonchev–Trinajstić information content (AvgIpc) is 2.88. The average molecular weight is 353 g/mol. The zero-order chi connectivity index (χ0) is 16.6. The van der Waals surface area contributed by atoms with Crippen LogP contribution in [-0.2, 0) is 0 Å². The summed E-state index contributed by atoms with van der Waals surface area (Å²) in [5, 5.41) is 4.95. The number of likely N-dealkylation sites (tertiary alicyclic amines) is 1. The Balaban J connectivity index is 2.04. The molecule has 1 aliphatic rings. The van der Waals surface area contributed by atoms with Gasteiger partial charge in [0.05, 0.1) is 10.0 Å². The highest BCUT2D eigenvalue weighted by atomic mass is 35.5. The first kappa shape index (κ1) is 16.3. The van der Waals surface area contributed by atoms with Crippen LogP contribution in [0, 0.1) is 12.8 Å². The molecule has 6 heteroatoms. The van der Waals surface area contributed by atoms with Gasteiger partial charge in [-0.1, -0.05) is 41.3 Å². The molecule has 1 aliphatic heterocycles. The van der Waals surface area contributed by atoms with Crippen LogP contribution in [0.25, 0.3) is 11.3 Å². The van der Waals surface area contributed by atoms with E-state index >= 15 is 0 Å². The van der Waals surface area contributed by atoms with E-state index in [0.29, 0.717) is 38.5 Å². The number of piperidine rings is 1. The van der Waals surface area contributed by atoms with E-state index in [4.69, 9.17) is 27.7 Å². The maximum Gasteiger partial charge on any atom is 0.259 e. The largest absolute Gasteiger partial charge is 0.360 e. The third-order valence-corrected chi connectivity index (χ3v) is 4.85. The normalized spacial score (nSPS) is 18.3. The highest BCUT2D eigenvalue weighted by Crippen LogP contribution is 2.37. The molecule has 1 atom stereocenters. The summed E-state index contributed by atoms with van der Waals surface area (Å²) in [5.41, 5.74) is 1.41. The Morgan fingerprint density at radius 1 is 1.35 bits per heavy atom. The number of amides is 1. The number of hydrogen-bond donors (Lipinski definition) is 0. The van der Waals surface area contributed by atoms with Crippen molar-refractivity contribution in [3.05, 3.63) is 39.6 Å². The molecule has 2 aromatic rings. The minimum absolute atomic E-state index is 0.0683. The van der Waals surface area contributed by atoms with Crippen molar-refractivity contribution in [3.63, 3.8) is 0 Å². The molecule has 1 aromatic carbocycles. The fraction of sp³-hybridized carbons (Fsp3) is 0.412. The summed E-state index contributed by atoms with van der Waals surface area (Å²) in [6.07, 6.45) is 2.16. The van der Waals surface area contributed by atoms with Crippen LogP contribution >= 0.6 is 23.2 Å². The van der Waals surface area contributed by atoms with Gasteiger partial charge in [0.25, 0.3) is 5.91 Å². The van der Waals surface area contributed by atoms with Crippen LogP contribution in [0.1, 0.15) is 35.9 Å². The lowest BCUT2D eigenvalue weighted by molar-refractivity contribution is 0.0682.